The Bertz CT molecular complexity index is 417. The zero-order valence-corrected chi connectivity index (χ0v) is 11.2. The largest absolute Gasteiger partial charge is 0.337 e. The average molecular weight is 264 g/mol. The van der Waals surface area contributed by atoms with Gasteiger partial charge in [-0.2, -0.15) is 0 Å². The molecule has 1 aromatic carbocycles. The van der Waals surface area contributed by atoms with Crippen LogP contribution in [0.3, 0.4) is 0 Å². The molecule has 0 aliphatic heterocycles. The minimum absolute atomic E-state index is 0.123. The van der Waals surface area contributed by atoms with Crippen molar-refractivity contribution in [3.63, 3.8) is 0 Å². The van der Waals surface area contributed by atoms with Gasteiger partial charge in [-0.1, -0.05) is 6.92 Å². The molecule has 0 fully saturated rings. The van der Waals surface area contributed by atoms with Crippen LogP contribution in [0.15, 0.2) is 24.3 Å². The van der Waals surface area contributed by atoms with E-state index in [2.05, 4.69) is 21.3 Å². The molecule has 0 aromatic heterocycles. The smallest absolute Gasteiger partial charge is 0.319 e. The zero-order valence-electron chi connectivity index (χ0n) is 11.2. The molecule has 0 aliphatic carbocycles. The maximum Gasteiger partial charge on any atom is 0.319 e. The molecule has 3 amide bonds. The Balaban J connectivity index is 2.36. The van der Waals surface area contributed by atoms with E-state index >= 15 is 0 Å². The summed E-state index contributed by atoms with van der Waals surface area (Å²) in [7, 11) is 0. The number of hydrogen-bond acceptors (Lipinski definition) is 3. The summed E-state index contributed by atoms with van der Waals surface area (Å²) >= 11 is 0. The van der Waals surface area contributed by atoms with E-state index in [0.29, 0.717) is 17.9 Å². The lowest BCUT2D eigenvalue weighted by atomic mass is 10.3. The normalized spacial score (nSPS) is 9.79. The second kappa shape index (κ2) is 8.10. The van der Waals surface area contributed by atoms with Crippen molar-refractivity contribution in [2.24, 2.45) is 0 Å². The molecule has 0 heterocycles. The molecule has 0 bridgehead atoms. The van der Waals surface area contributed by atoms with Gasteiger partial charge < -0.3 is 21.3 Å². The number of benzene rings is 1. The van der Waals surface area contributed by atoms with Gasteiger partial charge >= 0.3 is 6.03 Å². The quantitative estimate of drug-likeness (QED) is 0.586. The summed E-state index contributed by atoms with van der Waals surface area (Å²) in [5.41, 5.74) is 1.38. The third-order valence-corrected chi connectivity index (χ3v) is 2.30. The van der Waals surface area contributed by atoms with Crippen molar-refractivity contribution in [1.82, 2.24) is 10.6 Å². The van der Waals surface area contributed by atoms with Crippen molar-refractivity contribution in [1.29, 1.82) is 0 Å². The van der Waals surface area contributed by atoms with Crippen molar-refractivity contribution >= 4 is 23.3 Å². The summed E-state index contributed by atoms with van der Waals surface area (Å²) in [6.45, 7) is 5.66. The number of amides is 3. The van der Waals surface area contributed by atoms with Crippen LogP contribution in [-0.2, 0) is 4.79 Å². The summed E-state index contributed by atoms with van der Waals surface area (Å²) in [5.74, 6) is -0.123. The molecule has 0 atom stereocenters. The van der Waals surface area contributed by atoms with Gasteiger partial charge in [0.05, 0.1) is 0 Å². The lowest BCUT2D eigenvalue weighted by Crippen LogP contribution is -2.34. The highest BCUT2D eigenvalue weighted by molar-refractivity contribution is 5.91. The third kappa shape index (κ3) is 6.42. The van der Waals surface area contributed by atoms with Crippen LogP contribution >= 0.6 is 0 Å². The topological polar surface area (TPSA) is 82.3 Å². The third-order valence-electron chi connectivity index (χ3n) is 2.30. The Morgan fingerprint density at radius 3 is 2.11 bits per heavy atom. The van der Waals surface area contributed by atoms with E-state index < -0.39 is 0 Å². The summed E-state index contributed by atoms with van der Waals surface area (Å²) in [5, 5.41) is 11.2. The van der Waals surface area contributed by atoms with Gasteiger partial charge in [-0.05, 0) is 30.8 Å². The van der Waals surface area contributed by atoms with Crippen LogP contribution in [0.4, 0.5) is 16.2 Å². The summed E-state index contributed by atoms with van der Waals surface area (Å²) in [6, 6.07) is 6.68. The maximum absolute atomic E-state index is 11.5. The highest BCUT2D eigenvalue weighted by atomic mass is 16.2. The molecule has 4 N–H and O–H groups in total. The lowest BCUT2D eigenvalue weighted by Gasteiger charge is -2.08. The molecular formula is C13H20N4O2. The molecule has 104 valence electrons. The lowest BCUT2D eigenvalue weighted by molar-refractivity contribution is -0.114. The van der Waals surface area contributed by atoms with E-state index in [9.17, 15) is 9.59 Å². The van der Waals surface area contributed by atoms with E-state index in [1.54, 1.807) is 24.3 Å². The van der Waals surface area contributed by atoms with Crippen molar-refractivity contribution in [3.8, 4) is 0 Å². The van der Waals surface area contributed by atoms with Gasteiger partial charge in [0.1, 0.15) is 0 Å². The molecule has 0 saturated heterocycles. The molecular weight excluding hydrogens is 244 g/mol. The highest BCUT2D eigenvalue weighted by Gasteiger charge is 2.01. The van der Waals surface area contributed by atoms with E-state index in [1.807, 2.05) is 6.92 Å². The number of carbonyl (C=O) groups excluding carboxylic acids is 2. The first-order valence-corrected chi connectivity index (χ1v) is 6.25. The van der Waals surface area contributed by atoms with Gasteiger partial charge in [-0.15, -0.1) is 0 Å². The fourth-order valence-electron chi connectivity index (χ4n) is 1.46. The Labute approximate surface area is 113 Å². The molecule has 1 aromatic rings. The number of anilines is 2. The first-order valence-electron chi connectivity index (χ1n) is 6.25. The average Bonchev–Trinajstić information content (AvgIpc) is 2.36. The molecule has 6 heteroatoms. The predicted molar refractivity (Wildman–Crippen MR) is 76.3 cm³/mol. The van der Waals surface area contributed by atoms with Crippen LogP contribution in [0.5, 0.6) is 0 Å². The van der Waals surface area contributed by atoms with Crippen LogP contribution in [0, 0.1) is 0 Å². The monoisotopic (exact) mass is 264 g/mol. The van der Waals surface area contributed by atoms with Gasteiger partial charge in [0, 0.05) is 31.4 Å². The fraction of sp³-hybridized carbons (Fsp3) is 0.385. The SMILES string of the molecule is CCNCCNC(=O)Nc1ccc(NC(C)=O)cc1. The van der Waals surface area contributed by atoms with E-state index in [0.717, 1.165) is 13.1 Å². The number of hydrogen-bond donors (Lipinski definition) is 4. The first kappa shape index (κ1) is 15.0. The number of carbonyl (C=O) groups is 2. The van der Waals surface area contributed by atoms with Crippen molar-refractivity contribution < 1.29 is 9.59 Å². The minimum Gasteiger partial charge on any atom is -0.337 e. The van der Waals surface area contributed by atoms with Crippen molar-refractivity contribution in [2.45, 2.75) is 13.8 Å². The number of likely N-dealkylation sites (N-methyl/N-ethyl adjacent to an activating group) is 1. The molecule has 1 rings (SSSR count). The zero-order chi connectivity index (χ0) is 14.1. The van der Waals surface area contributed by atoms with E-state index in [-0.39, 0.29) is 11.9 Å². The molecule has 0 unspecified atom stereocenters. The van der Waals surface area contributed by atoms with Gasteiger partial charge in [-0.25, -0.2) is 4.79 Å². The molecule has 0 radical (unpaired) electrons. The van der Waals surface area contributed by atoms with E-state index in [4.69, 9.17) is 0 Å². The van der Waals surface area contributed by atoms with E-state index in [1.165, 1.54) is 6.92 Å². The van der Waals surface area contributed by atoms with Crippen molar-refractivity contribution in [3.05, 3.63) is 24.3 Å². The predicted octanol–water partition coefficient (Wildman–Crippen LogP) is 1.38. The Kier molecular flexibility index (Phi) is 6.38. The molecule has 6 nitrogen and oxygen atoms in total. The Hall–Kier alpha value is -2.08. The Morgan fingerprint density at radius 2 is 1.58 bits per heavy atom. The summed E-state index contributed by atoms with van der Waals surface area (Å²) in [4.78, 5) is 22.4. The highest BCUT2D eigenvalue weighted by Crippen LogP contribution is 2.13. The molecule has 19 heavy (non-hydrogen) atoms. The standard InChI is InChI=1S/C13H20N4O2/c1-3-14-8-9-15-13(19)17-12-6-4-11(5-7-12)16-10(2)18/h4-7,14H,3,8-9H2,1-2H3,(H,16,18)(H2,15,17,19). The van der Waals surface area contributed by atoms with Gasteiger partial charge in [0.2, 0.25) is 5.91 Å². The van der Waals surface area contributed by atoms with Gasteiger partial charge in [-0.3, -0.25) is 4.79 Å². The second-order valence-electron chi connectivity index (χ2n) is 3.99. The van der Waals surface area contributed by atoms with Gasteiger partial charge in [0.25, 0.3) is 0 Å². The van der Waals surface area contributed by atoms with Gasteiger partial charge in [0.15, 0.2) is 0 Å². The fourth-order valence-corrected chi connectivity index (χ4v) is 1.46. The summed E-state index contributed by atoms with van der Waals surface area (Å²) in [6.07, 6.45) is 0. The van der Waals surface area contributed by atoms with Crippen LogP contribution in [0.2, 0.25) is 0 Å². The van der Waals surface area contributed by atoms with Crippen LogP contribution < -0.4 is 21.3 Å². The second-order valence-corrected chi connectivity index (χ2v) is 3.99. The number of nitrogens with one attached hydrogen (secondary N) is 4. The summed E-state index contributed by atoms with van der Waals surface area (Å²) < 4.78 is 0. The molecule has 0 saturated carbocycles. The number of rotatable bonds is 6. The van der Waals surface area contributed by atoms with Crippen molar-refractivity contribution in [2.75, 3.05) is 30.3 Å². The minimum atomic E-state index is -0.245. The number of urea groups is 1. The Morgan fingerprint density at radius 1 is 1.00 bits per heavy atom. The van der Waals surface area contributed by atoms with Crippen LogP contribution in [-0.4, -0.2) is 31.6 Å². The molecule has 0 spiro atoms. The van der Waals surface area contributed by atoms with Crippen LogP contribution in [0.25, 0.3) is 0 Å². The van der Waals surface area contributed by atoms with Crippen LogP contribution in [0.1, 0.15) is 13.8 Å². The maximum atomic E-state index is 11.5. The molecule has 0 aliphatic rings. The first-order chi connectivity index (χ1) is 9.11.